The number of hydrogen-bond donors (Lipinski definition) is 3. The molecule has 1 aromatic heterocycles. The molecule has 3 rings (SSSR count). The molecule has 0 bridgehead atoms. The zero-order valence-electron chi connectivity index (χ0n) is 13.7. The fourth-order valence-electron chi connectivity index (χ4n) is 2.52. The predicted molar refractivity (Wildman–Crippen MR) is 93.5 cm³/mol. The first-order chi connectivity index (χ1) is 12.0. The van der Waals surface area contributed by atoms with E-state index < -0.39 is 12.2 Å². The first-order valence-corrected chi connectivity index (χ1v) is 7.88. The Morgan fingerprint density at radius 2 is 1.56 bits per heavy atom. The zero-order valence-corrected chi connectivity index (χ0v) is 13.7. The van der Waals surface area contributed by atoms with E-state index in [4.69, 9.17) is 4.74 Å². The Morgan fingerprint density at radius 3 is 2.24 bits per heavy atom. The van der Waals surface area contributed by atoms with E-state index in [1.165, 1.54) is 12.1 Å². The number of rotatable bonds is 5. The van der Waals surface area contributed by atoms with Crippen molar-refractivity contribution < 1.29 is 20.1 Å². The Kier molecular flexibility index (Phi) is 4.97. The molecule has 0 aliphatic carbocycles. The number of nitrogens with zero attached hydrogens (tertiary/aromatic N) is 1. The van der Waals surface area contributed by atoms with Crippen LogP contribution in [0, 0.1) is 6.92 Å². The van der Waals surface area contributed by atoms with E-state index in [1.807, 2.05) is 19.1 Å². The first-order valence-electron chi connectivity index (χ1n) is 7.88. The molecule has 0 saturated carbocycles. The third-order valence-corrected chi connectivity index (χ3v) is 3.82. The molecule has 3 aromatic rings. The highest BCUT2D eigenvalue weighted by atomic mass is 16.5. The molecule has 0 spiro atoms. The Labute approximate surface area is 145 Å². The van der Waals surface area contributed by atoms with Crippen LogP contribution in [0.25, 0.3) is 0 Å². The van der Waals surface area contributed by atoms with Crippen molar-refractivity contribution >= 4 is 0 Å². The average Bonchev–Trinajstić information content (AvgIpc) is 2.61. The van der Waals surface area contributed by atoms with Crippen molar-refractivity contribution in [2.45, 2.75) is 19.1 Å². The maximum absolute atomic E-state index is 10.5. The maximum atomic E-state index is 10.5. The Hall–Kier alpha value is -2.89. The number of ether oxygens (including phenoxy) is 1. The maximum Gasteiger partial charge on any atom is 0.219 e. The average molecular weight is 337 g/mol. The zero-order chi connectivity index (χ0) is 17.8. The number of aromatic hydroxyl groups is 1. The largest absolute Gasteiger partial charge is 0.508 e. The van der Waals surface area contributed by atoms with Crippen LogP contribution in [0.1, 0.15) is 28.9 Å². The summed E-state index contributed by atoms with van der Waals surface area (Å²) < 4.78 is 5.71. The molecule has 0 aliphatic heterocycles. The lowest BCUT2D eigenvalue weighted by Gasteiger charge is -2.19. The molecule has 3 N–H and O–H groups in total. The van der Waals surface area contributed by atoms with Crippen LogP contribution < -0.4 is 4.74 Å². The third-order valence-electron chi connectivity index (χ3n) is 3.82. The number of hydrogen-bond acceptors (Lipinski definition) is 5. The standard InChI is InChI=1S/C20H19NO4/c1-13-8-9-21-18(10-13)25-17-7-3-5-15(12-17)20(24)19(23)14-4-2-6-16(22)11-14/h2-12,19-20,22-24H,1H3. The molecule has 0 aliphatic rings. The quantitative estimate of drug-likeness (QED) is 0.662. The lowest BCUT2D eigenvalue weighted by molar-refractivity contribution is 0.0170. The van der Waals surface area contributed by atoms with Crippen LogP contribution in [-0.2, 0) is 0 Å². The third kappa shape index (κ3) is 4.15. The van der Waals surface area contributed by atoms with Gasteiger partial charge in [-0.3, -0.25) is 0 Å². The molecule has 1 heterocycles. The summed E-state index contributed by atoms with van der Waals surface area (Å²) in [5.41, 5.74) is 1.96. The summed E-state index contributed by atoms with van der Waals surface area (Å²) in [5, 5.41) is 30.4. The summed E-state index contributed by atoms with van der Waals surface area (Å²) in [7, 11) is 0. The van der Waals surface area contributed by atoms with Gasteiger partial charge in [0.15, 0.2) is 0 Å². The summed E-state index contributed by atoms with van der Waals surface area (Å²) in [5.74, 6) is 1.00. The highest BCUT2D eigenvalue weighted by Crippen LogP contribution is 2.32. The molecule has 25 heavy (non-hydrogen) atoms. The number of phenols is 1. The van der Waals surface area contributed by atoms with E-state index >= 15 is 0 Å². The molecule has 2 atom stereocenters. The molecule has 0 saturated heterocycles. The minimum Gasteiger partial charge on any atom is -0.508 e. The van der Waals surface area contributed by atoms with Gasteiger partial charge in [0.2, 0.25) is 5.88 Å². The molecule has 0 fully saturated rings. The van der Waals surface area contributed by atoms with E-state index in [2.05, 4.69) is 4.98 Å². The van der Waals surface area contributed by atoms with Crippen LogP contribution in [0.3, 0.4) is 0 Å². The topological polar surface area (TPSA) is 82.8 Å². The SMILES string of the molecule is Cc1ccnc(Oc2cccc(C(O)C(O)c3cccc(O)c3)c2)c1. The second-order valence-corrected chi connectivity index (χ2v) is 5.83. The van der Waals surface area contributed by atoms with E-state index in [9.17, 15) is 15.3 Å². The number of aliphatic hydroxyl groups is 2. The van der Waals surface area contributed by atoms with E-state index in [0.29, 0.717) is 22.8 Å². The van der Waals surface area contributed by atoms with Gasteiger partial charge in [-0.25, -0.2) is 4.98 Å². The van der Waals surface area contributed by atoms with Crippen molar-refractivity contribution in [1.82, 2.24) is 4.98 Å². The van der Waals surface area contributed by atoms with Crippen molar-refractivity contribution in [3.63, 3.8) is 0 Å². The fraction of sp³-hybridized carbons (Fsp3) is 0.150. The highest BCUT2D eigenvalue weighted by molar-refractivity contribution is 5.36. The molecule has 0 radical (unpaired) electrons. The van der Waals surface area contributed by atoms with Crippen LogP contribution in [0.15, 0.2) is 66.9 Å². The molecule has 2 aromatic carbocycles. The second kappa shape index (κ2) is 7.34. The number of aryl methyl sites for hydroxylation is 1. The van der Waals surface area contributed by atoms with Crippen LogP contribution in [0.2, 0.25) is 0 Å². The van der Waals surface area contributed by atoms with E-state index in [0.717, 1.165) is 5.56 Å². The molecule has 2 unspecified atom stereocenters. The molecule has 5 nitrogen and oxygen atoms in total. The lowest BCUT2D eigenvalue weighted by Crippen LogP contribution is -2.10. The summed E-state index contributed by atoms with van der Waals surface area (Å²) >= 11 is 0. The van der Waals surface area contributed by atoms with Gasteiger partial charge in [0.25, 0.3) is 0 Å². The number of pyridine rings is 1. The smallest absolute Gasteiger partial charge is 0.219 e. The molecule has 128 valence electrons. The Balaban J connectivity index is 1.80. The van der Waals surface area contributed by atoms with Crippen molar-refractivity contribution in [3.05, 3.63) is 83.6 Å². The van der Waals surface area contributed by atoms with Gasteiger partial charge in [-0.15, -0.1) is 0 Å². The highest BCUT2D eigenvalue weighted by Gasteiger charge is 2.21. The second-order valence-electron chi connectivity index (χ2n) is 5.83. The van der Waals surface area contributed by atoms with Gasteiger partial charge < -0.3 is 20.1 Å². The fourth-order valence-corrected chi connectivity index (χ4v) is 2.52. The summed E-state index contributed by atoms with van der Waals surface area (Å²) in [6.45, 7) is 1.94. The normalized spacial score (nSPS) is 13.2. The first kappa shape index (κ1) is 17.0. The van der Waals surface area contributed by atoms with Crippen molar-refractivity contribution in [2.24, 2.45) is 0 Å². The van der Waals surface area contributed by atoms with Gasteiger partial charge in [-0.05, 0) is 53.9 Å². The minimum absolute atomic E-state index is 0.0337. The van der Waals surface area contributed by atoms with Crippen molar-refractivity contribution in [2.75, 3.05) is 0 Å². The van der Waals surface area contributed by atoms with Gasteiger partial charge in [0.1, 0.15) is 23.7 Å². The number of aliphatic hydroxyl groups excluding tert-OH is 2. The molecular weight excluding hydrogens is 318 g/mol. The van der Waals surface area contributed by atoms with E-state index in [1.54, 1.807) is 42.6 Å². The van der Waals surface area contributed by atoms with Gasteiger partial charge in [-0.2, -0.15) is 0 Å². The number of phenolic OH excluding ortho intramolecular Hbond substituents is 1. The van der Waals surface area contributed by atoms with Crippen molar-refractivity contribution in [3.8, 4) is 17.4 Å². The summed E-state index contributed by atoms with van der Waals surface area (Å²) in [6.07, 6.45) is -0.662. The number of aromatic nitrogens is 1. The van der Waals surface area contributed by atoms with Gasteiger partial charge in [0, 0.05) is 12.3 Å². The monoisotopic (exact) mass is 337 g/mol. The van der Waals surface area contributed by atoms with Crippen LogP contribution in [0.4, 0.5) is 0 Å². The van der Waals surface area contributed by atoms with Gasteiger partial charge >= 0.3 is 0 Å². The summed E-state index contributed by atoms with van der Waals surface area (Å²) in [4.78, 5) is 4.14. The van der Waals surface area contributed by atoms with Crippen LogP contribution in [-0.4, -0.2) is 20.3 Å². The van der Waals surface area contributed by atoms with Gasteiger partial charge in [-0.1, -0.05) is 24.3 Å². The molecular formula is C20H19NO4. The molecule has 0 amide bonds. The minimum atomic E-state index is -1.17. The predicted octanol–water partition coefficient (Wildman–Crippen LogP) is 3.65. The Bertz CT molecular complexity index is 866. The van der Waals surface area contributed by atoms with Crippen molar-refractivity contribution in [1.29, 1.82) is 0 Å². The van der Waals surface area contributed by atoms with Gasteiger partial charge in [0.05, 0.1) is 0 Å². The molecule has 5 heteroatoms. The van der Waals surface area contributed by atoms with Crippen LogP contribution >= 0.6 is 0 Å². The lowest BCUT2D eigenvalue weighted by atomic mass is 9.98. The summed E-state index contributed by atoms with van der Waals surface area (Å²) in [6, 6.07) is 16.7. The van der Waals surface area contributed by atoms with Crippen LogP contribution in [0.5, 0.6) is 17.4 Å². The number of benzene rings is 2. The van der Waals surface area contributed by atoms with E-state index in [-0.39, 0.29) is 5.75 Å². The Morgan fingerprint density at radius 1 is 0.880 bits per heavy atom.